The van der Waals surface area contributed by atoms with Crippen LogP contribution < -0.4 is 4.74 Å². The lowest BCUT2D eigenvalue weighted by molar-refractivity contribution is -0.143. The maximum atomic E-state index is 11.4. The Kier molecular flexibility index (Phi) is 3.36. The van der Waals surface area contributed by atoms with Gasteiger partial charge >= 0.3 is 0 Å². The van der Waals surface area contributed by atoms with Crippen LogP contribution in [0.15, 0.2) is 24.5 Å². The summed E-state index contributed by atoms with van der Waals surface area (Å²) in [7, 11) is 1.52. The maximum Gasteiger partial charge on any atom is 0.248 e. The fourth-order valence-electron chi connectivity index (χ4n) is 1.54. The number of rotatable bonds is 4. The van der Waals surface area contributed by atoms with Crippen molar-refractivity contribution in [2.75, 3.05) is 26.8 Å². The van der Waals surface area contributed by atoms with Crippen molar-refractivity contribution in [1.29, 1.82) is 0 Å². The quantitative estimate of drug-likeness (QED) is 0.736. The third-order valence-electron chi connectivity index (χ3n) is 2.41. The van der Waals surface area contributed by atoms with Gasteiger partial charge in [-0.3, -0.25) is 9.78 Å². The number of likely N-dealkylation sites (tertiary alicyclic amines) is 1. The zero-order chi connectivity index (χ0) is 11.4. The van der Waals surface area contributed by atoms with Crippen LogP contribution in [0.4, 0.5) is 0 Å². The summed E-state index contributed by atoms with van der Waals surface area (Å²) in [5.74, 6) is 0.750. The van der Waals surface area contributed by atoms with Crippen LogP contribution in [0.1, 0.15) is 0 Å². The second-order valence-corrected chi connectivity index (χ2v) is 3.66. The average molecular weight is 222 g/mol. The van der Waals surface area contributed by atoms with E-state index in [0.29, 0.717) is 13.1 Å². The number of aromatic nitrogens is 1. The molecule has 1 amide bonds. The van der Waals surface area contributed by atoms with Crippen LogP contribution in [-0.4, -0.2) is 48.7 Å². The van der Waals surface area contributed by atoms with E-state index in [1.807, 2.05) is 12.1 Å². The van der Waals surface area contributed by atoms with E-state index in [2.05, 4.69) is 4.98 Å². The summed E-state index contributed by atoms with van der Waals surface area (Å²) in [5, 5.41) is 0. The first kappa shape index (κ1) is 10.9. The fourth-order valence-corrected chi connectivity index (χ4v) is 1.54. The first-order valence-electron chi connectivity index (χ1n) is 5.13. The van der Waals surface area contributed by atoms with E-state index in [4.69, 9.17) is 9.47 Å². The zero-order valence-corrected chi connectivity index (χ0v) is 9.13. The number of nitrogens with zero attached hydrogens (tertiary/aromatic N) is 2. The smallest absolute Gasteiger partial charge is 0.248 e. The van der Waals surface area contributed by atoms with Crippen LogP contribution >= 0.6 is 0 Å². The lowest BCUT2D eigenvalue weighted by Crippen LogP contribution is -2.57. The Labute approximate surface area is 94.0 Å². The Morgan fingerprint density at radius 1 is 1.62 bits per heavy atom. The maximum absolute atomic E-state index is 11.4. The molecule has 1 aromatic rings. The fraction of sp³-hybridized carbons (Fsp3) is 0.455. The Morgan fingerprint density at radius 2 is 2.44 bits per heavy atom. The van der Waals surface area contributed by atoms with Crippen LogP contribution in [-0.2, 0) is 9.53 Å². The number of carbonyl (C=O) groups excluding carboxylic acids is 1. The monoisotopic (exact) mass is 222 g/mol. The van der Waals surface area contributed by atoms with Gasteiger partial charge in [-0.25, -0.2) is 0 Å². The average Bonchev–Trinajstić information content (AvgIpc) is 2.24. The molecule has 0 radical (unpaired) electrons. The van der Waals surface area contributed by atoms with Crippen LogP contribution in [0.5, 0.6) is 5.75 Å². The third-order valence-corrected chi connectivity index (χ3v) is 2.41. The molecule has 1 saturated heterocycles. The van der Waals surface area contributed by atoms with Crippen molar-refractivity contribution in [3.63, 3.8) is 0 Å². The summed E-state index contributed by atoms with van der Waals surface area (Å²) in [6, 6.07) is 3.68. The van der Waals surface area contributed by atoms with E-state index in [0.717, 1.165) is 5.75 Å². The van der Waals surface area contributed by atoms with Crippen LogP contribution in [0.2, 0.25) is 0 Å². The molecule has 0 aromatic carbocycles. The number of hydrogen-bond acceptors (Lipinski definition) is 4. The summed E-state index contributed by atoms with van der Waals surface area (Å²) in [5.41, 5.74) is 0. The van der Waals surface area contributed by atoms with E-state index in [1.165, 1.54) is 7.11 Å². The van der Waals surface area contributed by atoms with Gasteiger partial charge in [0.05, 0.1) is 19.3 Å². The standard InChI is InChI=1S/C11H14N2O3/c1-15-8-11(14)13-6-10(7-13)16-9-3-2-4-12-5-9/h2-5,10H,6-8H2,1H3. The van der Waals surface area contributed by atoms with Gasteiger partial charge in [-0.2, -0.15) is 0 Å². The van der Waals surface area contributed by atoms with Crippen molar-refractivity contribution >= 4 is 5.91 Å². The highest BCUT2D eigenvalue weighted by molar-refractivity contribution is 5.78. The minimum absolute atomic E-state index is 0.00790. The summed E-state index contributed by atoms with van der Waals surface area (Å²) in [6.45, 7) is 1.38. The molecule has 2 heterocycles. The topological polar surface area (TPSA) is 51.7 Å². The first-order chi connectivity index (χ1) is 7.79. The van der Waals surface area contributed by atoms with Gasteiger partial charge in [0, 0.05) is 13.3 Å². The van der Waals surface area contributed by atoms with E-state index < -0.39 is 0 Å². The van der Waals surface area contributed by atoms with Gasteiger partial charge in [-0.1, -0.05) is 0 Å². The van der Waals surface area contributed by atoms with Gasteiger partial charge < -0.3 is 14.4 Å². The summed E-state index contributed by atoms with van der Waals surface area (Å²) in [4.78, 5) is 17.0. The van der Waals surface area contributed by atoms with Crippen LogP contribution in [0.3, 0.4) is 0 Å². The zero-order valence-electron chi connectivity index (χ0n) is 9.13. The highest BCUT2D eigenvalue weighted by Crippen LogP contribution is 2.16. The van der Waals surface area contributed by atoms with E-state index in [1.54, 1.807) is 17.3 Å². The second-order valence-electron chi connectivity index (χ2n) is 3.66. The van der Waals surface area contributed by atoms with E-state index in [9.17, 15) is 4.79 Å². The molecule has 2 rings (SSSR count). The molecule has 16 heavy (non-hydrogen) atoms. The molecule has 1 aliphatic heterocycles. The van der Waals surface area contributed by atoms with Crippen molar-refractivity contribution in [2.24, 2.45) is 0 Å². The van der Waals surface area contributed by atoms with E-state index >= 15 is 0 Å². The highest BCUT2D eigenvalue weighted by Gasteiger charge is 2.31. The Hall–Kier alpha value is -1.62. The number of methoxy groups -OCH3 is 1. The number of carbonyl (C=O) groups is 1. The lowest BCUT2D eigenvalue weighted by atomic mass is 10.1. The molecule has 5 nitrogen and oxygen atoms in total. The molecular weight excluding hydrogens is 208 g/mol. The molecule has 0 bridgehead atoms. The molecule has 86 valence electrons. The predicted octanol–water partition coefficient (Wildman–Crippen LogP) is 0.318. The van der Waals surface area contributed by atoms with Gasteiger partial charge in [0.25, 0.3) is 0 Å². The van der Waals surface area contributed by atoms with Crippen LogP contribution in [0, 0.1) is 0 Å². The molecule has 1 aliphatic rings. The molecule has 0 atom stereocenters. The van der Waals surface area contributed by atoms with Crippen molar-refractivity contribution in [3.05, 3.63) is 24.5 Å². The number of amides is 1. The third kappa shape index (κ3) is 2.49. The summed E-state index contributed by atoms with van der Waals surface area (Å²) in [6.07, 6.45) is 3.44. The van der Waals surface area contributed by atoms with Gasteiger partial charge in [-0.05, 0) is 12.1 Å². The van der Waals surface area contributed by atoms with Gasteiger partial charge in [0.1, 0.15) is 18.5 Å². The molecule has 5 heteroatoms. The largest absolute Gasteiger partial charge is 0.485 e. The van der Waals surface area contributed by atoms with Gasteiger partial charge in [0.15, 0.2) is 0 Å². The number of hydrogen-bond donors (Lipinski definition) is 0. The molecule has 0 N–H and O–H groups in total. The molecule has 1 aromatic heterocycles. The van der Waals surface area contributed by atoms with Crippen molar-refractivity contribution in [2.45, 2.75) is 6.10 Å². The number of ether oxygens (including phenoxy) is 2. The summed E-state index contributed by atoms with van der Waals surface area (Å²) >= 11 is 0. The van der Waals surface area contributed by atoms with Crippen LogP contribution in [0.25, 0.3) is 0 Å². The minimum Gasteiger partial charge on any atom is -0.485 e. The minimum atomic E-state index is 0.00790. The molecule has 1 fully saturated rings. The second kappa shape index (κ2) is 4.94. The Morgan fingerprint density at radius 3 is 3.06 bits per heavy atom. The predicted molar refractivity (Wildman–Crippen MR) is 57.1 cm³/mol. The Bertz CT molecular complexity index is 350. The van der Waals surface area contributed by atoms with Gasteiger partial charge in [0.2, 0.25) is 5.91 Å². The SMILES string of the molecule is COCC(=O)N1CC(Oc2cccnc2)C1. The lowest BCUT2D eigenvalue weighted by Gasteiger charge is -2.38. The first-order valence-corrected chi connectivity index (χ1v) is 5.13. The highest BCUT2D eigenvalue weighted by atomic mass is 16.5. The van der Waals surface area contributed by atoms with E-state index in [-0.39, 0.29) is 18.6 Å². The number of pyridine rings is 1. The molecule has 0 saturated carbocycles. The molecule has 0 unspecified atom stereocenters. The molecular formula is C11H14N2O3. The van der Waals surface area contributed by atoms with Crippen molar-refractivity contribution < 1.29 is 14.3 Å². The molecule has 0 spiro atoms. The normalized spacial score (nSPS) is 15.7. The van der Waals surface area contributed by atoms with Gasteiger partial charge in [-0.15, -0.1) is 0 Å². The van der Waals surface area contributed by atoms with Crippen molar-refractivity contribution in [1.82, 2.24) is 9.88 Å². The van der Waals surface area contributed by atoms with Crippen molar-refractivity contribution in [3.8, 4) is 5.75 Å². The molecule has 0 aliphatic carbocycles. The summed E-state index contributed by atoms with van der Waals surface area (Å²) < 4.78 is 10.4. The Balaban J connectivity index is 1.75.